The number of phenolic OH excluding ortho intramolecular Hbond substituents is 1. The molecular formula is C13H16O5. The number of aromatic hydroxyl groups is 1. The number of esters is 2. The normalized spacial score (nSPS) is 11.7. The summed E-state index contributed by atoms with van der Waals surface area (Å²) in [5, 5.41) is 9.53. The van der Waals surface area contributed by atoms with Crippen LogP contribution in [0.15, 0.2) is 18.2 Å². The molecule has 18 heavy (non-hydrogen) atoms. The number of hydrogen-bond acceptors (Lipinski definition) is 5. The predicted octanol–water partition coefficient (Wildman–Crippen LogP) is 1.53. The van der Waals surface area contributed by atoms with Gasteiger partial charge in [-0.1, -0.05) is 13.0 Å². The van der Waals surface area contributed by atoms with Gasteiger partial charge in [0.25, 0.3) is 0 Å². The van der Waals surface area contributed by atoms with Crippen molar-refractivity contribution in [3.05, 3.63) is 29.3 Å². The second-order valence-corrected chi connectivity index (χ2v) is 3.97. The van der Waals surface area contributed by atoms with Crippen molar-refractivity contribution in [3.8, 4) is 5.75 Å². The van der Waals surface area contributed by atoms with Crippen molar-refractivity contribution in [1.82, 2.24) is 0 Å². The Balaban J connectivity index is 2.92. The van der Waals surface area contributed by atoms with Crippen molar-refractivity contribution in [2.75, 3.05) is 14.2 Å². The van der Waals surface area contributed by atoms with E-state index in [1.54, 1.807) is 13.0 Å². The van der Waals surface area contributed by atoms with Gasteiger partial charge in [0.05, 0.1) is 20.1 Å². The van der Waals surface area contributed by atoms with Crippen molar-refractivity contribution in [1.29, 1.82) is 0 Å². The maximum Gasteiger partial charge on any atom is 0.341 e. The average Bonchev–Trinajstić information content (AvgIpc) is 2.38. The third-order valence-electron chi connectivity index (χ3n) is 2.61. The highest BCUT2D eigenvalue weighted by atomic mass is 16.5. The molecule has 0 heterocycles. The zero-order valence-electron chi connectivity index (χ0n) is 10.6. The fourth-order valence-electron chi connectivity index (χ4n) is 1.62. The van der Waals surface area contributed by atoms with Crippen molar-refractivity contribution in [2.24, 2.45) is 5.92 Å². The molecule has 0 aromatic heterocycles. The quantitative estimate of drug-likeness (QED) is 0.823. The van der Waals surface area contributed by atoms with Crippen molar-refractivity contribution in [3.63, 3.8) is 0 Å². The molecule has 1 unspecified atom stereocenters. The predicted molar refractivity (Wildman–Crippen MR) is 64.3 cm³/mol. The molecule has 0 spiro atoms. The zero-order chi connectivity index (χ0) is 13.7. The molecule has 0 aliphatic rings. The van der Waals surface area contributed by atoms with Crippen LogP contribution in [0.2, 0.25) is 0 Å². The summed E-state index contributed by atoms with van der Waals surface area (Å²) in [7, 11) is 2.57. The van der Waals surface area contributed by atoms with Gasteiger partial charge >= 0.3 is 11.9 Å². The van der Waals surface area contributed by atoms with E-state index in [4.69, 9.17) is 0 Å². The number of carbonyl (C=O) groups excluding carboxylic acids is 2. The van der Waals surface area contributed by atoms with Crippen LogP contribution in [0.4, 0.5) is 0 Å². The number of hydrogen-bond donors (Lipinski definition) is 1. The molecule has 0 aliphatic carbocycles. The third-order valence-corrected chi connectivity index (χ3v) is 2.61. The van der Waals surface area contributed by atoms with Crippen LogP contribution in [0, 0.1) is 5.92 Å². The smallest absolute Gasteiger partial charge is 0.341 e. The van der Waals surface area contributed by atoms with Crippen molar-refractivity contribution < 1.29 is 24.2 Å². The number of rotatable bonds is 4. The molecule has 1 rings (SSSR count). The Labute approximate surface area is 105 Å². The largest absolute Gasteiger partial charge is 0.507 e. The van der Waals surface area contributed by atoms with Crippen LogP contribution in [0.25, 0.3) is 0 Å². The molecule has 5 heteroatoms. The lowest BCUT2D eigenvalue weighted by Crippen LogP contribution is -2.15. The minimum absolute atomic E-state index is 0.0899. The maximum atomic E-state index is 11.4. The Bertz CT molecular complexity index is 453. The Morgan fingerprint density at radius 3 is 2.50 bits per heavy atom. The number of methoxy groups -OCH3 is 2. The van der Waals surface area contributed by atoms with Crippen molar-refractivity contribution >= 4 is 11.9 Å². The van der Waals surface area contributed by atoms with Gasteiger partial charge in [-0.25, -0.2) is 4.79 Å². The lowest BCUT2D eigenvalue weighted by atomic mass is 9.99. The second-order valence-electron chi connectivity index (χ2n) is 3.97. The molecule has 0 saturated carbocycles. The van der Waals surface area contributed by atoms with E-state index in [2.05, 4.69) is 9.47 Å². The molecule has 0 bridgehead atoms. The van der Waals surface area contributed by atoms with Gasteiger partial charge in [-0.15, -0.1) is 0 Å². The molecule has 1 N–H and O–H groups in total. The molecule has 98 valence electrons. The maximum absolute atomic E-state index is 11.4. The molecule has 0 fully saturated rings. The molecule has 1 aromatic carbocycles. The van der Waals surface area contributed by atoms with Crippen LogP contribution in [0.1, 0.15) is 22.8 Å². The summed E-state index contributed by atoms with van der Waals surface area (Å²) in [6, 6.07) is 4.58. The van der Waals surface area contributed by atoms with Gasteiger partial charge in [-0.05, 0) is 24.1 Å². The molecule has 0 saturated heterocycles. The van der Waals surface area contributed by atoms with Crippen LogP contribution >= 0.6 is 0 Å². The van der Waals surface area contributed by atoms with E-state index in [0.29, 0.717) is 6.42 Å². The van der Waals surface area contributed by atoms with Crippen LogP contribution in [0.5, 0.6) is 5.75 Å². The summed E-state index contributed by atoms with van der Waals surface area (Å²) in [5.74, 6) is -1.39. The average molecular weight is 252 g/mol. The van der Waals surface area contributed by atoms with Crippen LogP contribution in [-0.4, -0.2) is 31.3 Å². The topological polar surface area (TPSA) is 72.8 Å². The van der Waals surface area contributed by atoms with E-state index in [9.17, 15) is 14.7 Å². The number of carbonyl (C=O) groups is 2. The molecule has 0 amide bonds. The van der Waals surface area contributed by atoms with Crippen LogP contribution in [0.3, 0.4) is 0 Å². The minimum Gasteiger partial charge on any atom is -0.507 e. The molecule has 0 radical (unpaired) electrons. The summed E-state index contributed by atoms with van der Waals surface area (Å²) in [4.78, 5) is 22.7. The standard InChI is InChI=1S/C13H16O5/c1-8(12(15)17-2)6-9-4-5-11(14)10(7-9)13(16)18-3/h4-5,7-8,14H,6H2,1-3H3. The van der Waals surface area contributed by atoms with Crippen molar-refractivity contribution in [2.45, 2.75) is 13.3 Å². The van der Waals surface area contributed by atoms with E-state index in [0.717, 1.165) is 5.56 Å². The highest BCUT2D eigenvalue weighted by molar-refractivity contribution is 5.92. The highest BCUT2D eigenvalue weighted by Crippen LogP contribution is 2.21. The van der Waals surface area contributed by atoms with Gasteiger partial charge in [0, 0.05) is 0 Å². The van der Waals surface area contributed by atoms with Gasteiger partial charge in [0.1, 0.15) is 11.3 Å². The first-order valence-corrected chi connectivity index (χ1v) is 5.47. The second kappa shape index (κ2) is 6.05. The highest BCUT2D eigenvalue weighted by Gasteiger charge is 2.17. The lowest BCUT2D eigenvalue weighted by molar-refractivity contribution is -0.144. The van der Waals surface area contributed by atoms with Gasteiger partial charge in [-0.3, -0.25) is 4.79 Å². The van der Waals surface area contributed by atoms with E-state index < -0.39 is 5.97 Å². The van der Waals surface area contributed by atoms with E-state index in [1.807, 2.05) is 0 Å². The Hall–Kier alpha value is -2.04. The third kappa shape index (κ3) is 3.23. The Morgan fingerprint density at radius 2 is 1.94 bits per heavy atom. The minimum atomic E-state index is -0.611. The number of phenols is 1. The monoisotopic (exact) mass is 252 g/mol. The summed E-state index contributed by atoms with van der Waals surface area (Å²) in [6.45, 7) is 1.73. The fourth-order valence-corrected chi connectivity index (χ4v) is 1.62. The van der Waals surface area contributed by atoms with Gasteiger partial charge in [0.15, 0.2) is 0 Å². The lowest BCUT2D eigenvalue weighted by Gasteiger charge is -2.10. The fraction of sp³-hybridized carbons (Fsp3) is 0.385. The molecule has 1 atom stereocenters. The first kappa shape index (κ1) is 14.0. The zero-order valence-corrected chi connectivity index (χ0v) is 10.6. The number of ether oxygens (including phenoxy) is 2. The Kier molecular flexibility index (Phi) is 4.71. The van der Waals surface area contributed by atoms with Crippen LogP contribution in [-0.2, 0) is 20.7 Å². The first-order valence-electron chi connectivity index (χ1n) is 5.47. The molecule has 1 aromatic rings. The van der Waals surface area contributed by atoms with Gasteiger partial charge in [-0.2, -0.15) is 0 Å². The summed E-state index contributed by atoms with van der Waals surface area (Å²) in [5.41, 5.74) is 0.846. The first-order chi connectivity index (χ1) is 8.49. The van der Waals surface area contributed by atoms with Gasteiger partial charge < -0.3 is 14.6 Å². The van der Waals surface area contributed by atoms with Crippen LogP contribution < -0.4 is 0 Å². The number of benzene rings is 1. The molecule has 5 nitrogen and oxygen atoms in total. The van der Waals surface area contributed by atoms with Gasteiger partial charge in [0.2, 0.25) is 0 Å². The summed E-state index contributed by atoms with van der Waals surface area (Å²) >= 11 is 0. The van der Waals surface area contributed by atoms with E-state index >= 15 is 0 Å². The molecular weight excluding hydrogens is 236 g/mol. The summed E-state index contributed by atoms with van der Waals surface area (Å²) in [6.07, 6.45) is 0.428. The Morgan fingerprint density at radius 1 is 1.28 bits per heavy atom. The molecule has 0 aliphatic heterocycles. The van der Waals surface area contributed by atoms with E-state index in [1.165, 1.54) is 26.4 Å². The summed E-state index contributed by atoms with van der Waals surface area (Å²) < 4.78 is 9.18. The van der Waals surface area contributed by atoms with E-state index in [-0.39, 0.29) is 23.2 Å². The SMILES string of the molecule is COC(=O)c1cc(CC(C)C(=O)OC)ccc1O.